The highest BCUT2D eigenvalue weighted by molar-refractivity contribution is 6.69. The van der Waals surface area contributed by atoms with Crippen molar-refractivity contribution in [2.45, 2.75) is 46.3 Å². The fraction of sp³-hybridized carbons (Fsp3) is 1.00. The molecular formula is C9H22OSi. The smallest absolute Gasteiger partial charge is 0.183 e. The zero-order valence-electron chi connectivity index (χ0n) is 8.61. The maximum Gasteiger partial charge on any atom is 0.183 e. The van der Waals surface area contributed by atoms with Gasteiger partial charge in [0.25, 0.3) is 0 Å². The highest BCUT2D eigenvalue weighted by atomic mass is 28.4. The first-order valence-corrected chi connectivity index (χ1v) is 8.00. The lowest BCUT2D eigenvalue weighted by atomic mass is 10.1. The summed E-state index contributed by atoms with van der Waals surface area (Å²) in [6, 6.07) is 0. The largest absolute Gasteiger partial charge is 0.418 e. The van der Waals surface area contributed by atoms with Crippen LogP contribution in [0.5, 0.6) is 0 Å². The van der Waals surface area contributed by atoms with Gasteiger partial charge >= 0.3 is 0 Å². The summed E-state index contributed by atoms with van der Waals surface area (Å²) in [7, 11) is -1.24. The van der Waals surface area contributed by atoms with Crippen molar-refractivity contribution in [3.8, 4) is 0 Å². The molecule has 0 fully saturated rings. The van der Waals surface area contributed by atoms with Crippen LogP contribution >= 0.6 is 0 Å². The monoisotopic (exact) mass is 174 g/mol. The lowest BCUT2D eigenvalue weighted by molar-refractivity contribution is 0.276. The third-order valence-electron chi connectivity index (χ3n) is 1.84. The fourth-order valence-electron chi connectivity index (χ4n) is 0.770. The molecule has 68 valence electrons. The van der Waals surface area contributed by atoms with Gasteiger partial charge < -0.3 is 4.43 Å². The lowest BCUT2D eigenvalue weighted by Gasteiger charge is -2.18. The third kappa shape index (κ3) is 8.08. The average Bonchev–Trinajstić information content (AvgIpc) is 1.85. The third-order valence-corrected chi connectivity index (χ3v) is 2.91. The first-order chi connectivity index (χ1) is 4.95. The Morgan fingerprint density at radius 3 is 2.18 bits per heavy atom. The maximum absolute atomic E-state index is 5.74. The summed E-state index contributed by atoms with van der Waals surface area (Å²) in [5.41, 5.74) is 0. The van der Waals surface area contributed by atoms with Crippen molar-refractivity contribution in [1.29, 1.82) is 0 Å². The first-order valence-electron chi connectivity index (χ1n) is 4.59. The normalized spacial score (nSPS) is 15.0. The Labute approximate surface area is 72.3 Å². The summed E-state index contributed by atoms with van der Waals surface area (Å²) >= 11 is 0. The van der Waals surface area contributed by atoms with Crippen LogP contribution in [0.15, 0.2) is 0 Å². The zero-order valence-corrected chi connectivity index (χ0v) is 9.61. The molecule has 0 bridgehead atoms. The van der Waals surface area contributed by atoms with E-state index in [2.05, 4.69) is 33.5 Å². The summed E-state index contributed by atoms with van der Waals surface area (Å²) in [6.45, 7) is 12.2. The highest BCUT2D eigenvalue weighted by Gasteiger charge is 2.13. The zero-order chi connectivity index (χ0) is 8.91. The maximum atomic E-state index is 5.74. The summed E-state index contributed by atoms with van der Waals surface area (Å²) < 4.78 is 5.74. The lowest BCUT2D eigenvalue weighted by Crippen LogP contribution is -2.26. The van der Waals surface area contributed by atoms with E-state index in [1.54, 1.807) is 0 Å². The van der Waals surface area contributed by atoms with Crippen LogP contribution in [0.2, 0.25) is 19.6 Å². The number of rotatable bonds is 5. The van der Waals surface area contributed by atoms with Crippen LogP contribution in [0, 0.1) is 5.92 Å². The molecule has 2 heteroatoms. The molecule has 0 saturated carbocycles. The van der Waals surface area contributed by atoms with Crippen molar-refractivity contribution in [3.05, 3.63) is 0 Å². The molecule has 0 heterocycles. The van der Waals surface area contributed by atoms with Crippen LogP contribution in [-0.4, -0.2) is 14.9 Å². The number of hydrogen-bond acceptors (Lipinski definition) is 1. The van der Waals surface area contributed by atoms with Gasteiger partial charge in [0.1, 0.15) is 0 Å². The molecule has 1 unspecified atom stereocenters. The molecule has 0 aliphatic carbocycles. The van der Waals surface area contributed by atoms with Crippen LogP contribution in [0.4, 0.5) is 0 Å². The van der Waals surface area contributed by atoms with Gasteiger partial charge in [0.15, 0.2) is 8.32 Å². The molecule has 0 N–H and O–H groups in total. The van der Waals surface area contributed by atoms with E-state index in [0.29, 0.717) is 0 Å². The Hall–Kier alpha value is 0.177. The molecule has 0 aliphatic rings. The molecule has 0 amide bonds. The molecule has 11 heavy (non-hydrogen) atoms. The van der Waals surface area contributed by atoms with Crippen LogP contribution in [0.25, 0.3) is 0 Å². The molecule has 1 atom stereocenters. The fourth-order valence-corrected chi connectivity index (χ4v) is 1.50. The first kappa shape index (κ1) is 11.2. The quantitative estimate of drug-likeness (QED) is 0.581. The average molecular weight is 174 g/mol. The van der Waals surface area contributed by atoms with Crippen molar-refractivity contribution in [3.63, 3.8) is 0 Å². The summed E-state index contributed by atoms with van der Waals surface area (Å²) in [5.74, 6) is 0.825. The Morgan fingerprint density at radius 2 is 1.82 bits per heavy atom. The minimum Gasteiger partial charge on any atom is -0.418 e. The molecular weight excluding hydrogens is 152 g/mol. The second kappa shape index (κ2) is 4.94. The van der Waals surface area contributed by atoms with E-state index < -0.39 is 8.32 Å². The van der Waals surface area contributed by atoms with Gasteiger partial charge in [-0.05, 0) is 32.0 Å². The molecule has 0 radical (unpaired) electrons. The molecule has 0 spiro atoms. The SMILES string of the molecule is CCC(C)CCO[Si](C)(C)C. The van der Waals surface area contributed by atoms with E-state index >= 15 is 0 Å². The van der Waals surface area contributed by atoms with Crippen molar-refractivity contribution in [2.24, 2.45) is 5.92 Å². The molecule has 0 aromatic heterocycles. The standard InChI is InChI=1S/C9H22OSi/c1-6-9(2)7-8-10-11(3,4)5/h9H,6-8H2,1-5H3. The van der Waals surface area contributed by atoms with Crippen molar-refractivity contribution < 1.29 is 4.43 Å². The summed E-state index contributed by atoms with van der Waals surface area (Å²) in [6.07, 6.45) is 2.50. The Kier molecular flexibility index (Phi) is 5.02. The molecule has 0 rings (SSSR count). The van der Waals surface area contributed by atoms with Gasteiger partial charge in [-0.1, -0.05) is 20.3 Å². The highest BCUT2D eigenvalue weighted by Crippen LogP contribution is 2.09. The van der Waals surface area contributed by atoms with Crippen LogP contribution in [-0.2, 0) is 4.43 Å². The van der Waals surface area contributed by atoms with E-state index in [-0.39, 0.29) is 0 Å². The molecule has 0 aromatic carbocycles. The second-order valence-electron chi connectivity index (χ2n) is 4.26. The van der Waals surface area contributed by atoms with Gasteiger partial charge in [0, 0.05) is 6.61 Å². The van der Waals surface area contributed by atoms with E-state index in [9.17, 15) is 0 Å². The van der Waals surface area contributed by atoms with Gasteiger partial charge in [-0.3, -0.25) is 0 Å². The van der Waals surface area contributed by atoms with Gasteiger partial charge in [0.2, 0.25) is 0 Å². The van der Waals surface area contributed by atoms with E-state index in [4.69, 9.17) is 4.43 Å². The summed E-state index contributed by atoms with van der Waals surface area (Å²) in [5, 5.41) is 0. The van der Waals surface area contributed by atoms with Gasteiger partial charge in [-0.2, -0.15) is 0 Å². The van der Waals surface area contributed by atoms with Crippen molar-refractivity contribution >= 4 is 8.32 Å². The molecule has 0 aromatic rings. The Morgan fingerprint density at radius 1 is 1.27 bits per heavy atom. The number of hydrogen-bond donors (Lipinski definition) is 0. The van der Waals surface area contributed by atoms with E-state index in [1.165, 1.54) is 12.8 Å². The van der Waals surface area contributed by atoms with Crippen molar-refractivity contribution in [2.75, 3.05) is 6.61 Å². The van der Waals surface area contributed by atoms with Crippen LogP contribution in [0.3, 0.4) is 0 Å². The summed E-state index contributed by atoms with van der Waals surface area (Å²) in [4.78, 5) is 0. The van der Waals surface area contributed by atoms with Gasteiger partial charge in [-0.15, -0.1) is 0 Å². The van der Waals surface area contributed by atoms with Gasteiger partial charge in [-0.25, -0.2) is 0 Å². The Balaban J connectivity index is 3.28. The minimum atomic E-state index is -1.24. The predicted molar refractivity (Wildman–Crippen MR) is 53.4 cm³/mol. The van der Waals surface area contributed by atoms with Crippen molar-refractivity contribution in [1.82, 2.24) is 0 Å². The Bertz CT molecular complexity index is 96.2. The minimum absolute atomic E-state index is 0.825. The van der Waals surface area contributed by atoms with E-state index in [0.717, 1.165) is 12.5 Å². The van der Waals surface area contributed by atoms with E-state index in [1.807, 2.05) is 0 Å². The molecule has 1 nitrogen and oxygen atoms in total. The van der Waals surface area contributed by atoms with Crippen LogP contribution in [0.1, 0.15) is 26.7 Å². The van der Waals surface area contributed by atoms with Crippen LogP contribution < -0.4 is 0 Å². The molecule has 0 saturated heterocycles. The molecule has 0 aliphatic heterocycles. The van der Waals surface area contributed by atoms with Gasteiger partial charge in [0.05, 0.1) is 0 Å². The topological polar surface area (TPSA) is 9.23 Å². The predicted octanol–water partition coefficient (Wildman–Crippen LogP) is 3.27. The second-order valence-corrected chi connectivity index (χ2v) is 8.78.